The smallest absolute Gasteiger partial charge is 0.169 e. The van der Waals surface area contributed by atoms with Crippen molar-refractivity contribution in [1.29, 1.82) is 0 Å². The van der Waals surface area contributed by atoms with Gasteiger partial charge in [0.15, 0.2) is 6.29 Å². The van der Waals surface area contributed by atoms with E-state index in [4.69, 9.17) is 42.6 Å². The third-order valence-corrected chi connectivity index (χ3v) is 12.7. The fourth-order valence-electron chi connectivity index (χ4n) is 8.87. The van der Waals surface area contributed by atoms with Crippen molar-refractivity contribution in [2.75, 3.05) is 19.8 Å². The Morgan fingerprint density at radius 1 is 0.421 bits per heavy atom. The van der Waals surface area contributed by atoms with Gasteiger partial charge in [0.1, 0.15) is 36.6 Å². The van der Waals surface area contributed by atoms with Gasteiger partial charge in [-0.3, -0.25) is 0 Å². The van der Waals surface area contributed by atoms with Gasteiger partial charge < -0.3 is 42.6 Å². The first-order valence-electron chi connectivity index (χ1n) is 25.5. The topological polar surface area (TPSA) is 181 Å². The van der Waals surface area contributed by atoms with Crippen molar-refractivity contribution >= 4 is 0 Å². The van der Waals surface area contributed by atoms with Crippen LogP contribution in [0, 0.1) is 0 Å². The molecule has 0 saturated carbocycles. The molecule has 0 radical (unpaired) electrons. The fraction of sp³-hybridized carbons (Fsp3) is 0.311. The molecule has 0 aromatic heterocycles. The van der Waals surface area contributed by atoms with E-state index in [0.29, 0.717) is 0 Å². The molecule has 392 valence electrons. The van der Waals surface area contributed by atoms with Gasteiger partial charge in [0.05, 0.1) is 78.2 Å². The molecule has 1 saturated heterocycles. The van der Waals surface area contributed by atoms with Crippen molar-refractivity contribution < 1.29 is 42.6 Å². The number of ether oxygens (including phenoxy) is 9. The van der Waals surface area contributed by atoms with Crippen molar-refractivity contribution in [2.45, 2.75) is 101 Å². The normalized spacial score (nSPS) is 18.8. The second kappa shape index (κ2) is 31.0. The highest BCUT2D eigenvalue weighted by molar-refractivity contribution is 5.19. The monoisotopic (exact) mass is 1020 g/mol. The number of hydrogen-bond donors (Lipinski definition) is 0. The molecule has 1 heterocycles. The first-order valence-corrected chi connectivity index (χ1v) is 25.5. The minimum atomic E-state index is -1.31. The van der Waals surface area contributed by atoms with Crippen LogP contribution >= 0.6 is 0 Å². The summed E-state index contributed by atoms with van der Waals surface area (Å²) in [5.41, 5.74) is 27.1. The standard InChI is InChI=1S/C61H64N6O9/c62-66-64-53(43-68-36-46-22-8-1-9-23-46)57(71-39-49-28-14-4-15-29-49)58(72-40-50-30-16-5-17-31-50)54(44-69-37-47-24-10-2-11-25-47)75-61-56(65-67-63)60(74-42-52-34-20-7-21-35-52)59(73-41-51-32-18-6-19-33-51)55(76-61)45-70-38-48-26-12-3-13-27-48/h1-35,53-61H,36-45H2/t53-,54+,55-,56-,57-,58-,59-,60-,61+/m1/s1. The number of rotatable bonds is 31. The highest BCUT2D eigenvalue weighted by Crippen LogP contribution is 2.34. The molecule has 7 aromatic rings. The van der Waals surface area contributed by atoms with Gasteiger partial charge in [-0.05, 0) is 50.0 Å². The first kappa shape index (κ1) is 55.0. The van der Waals surface area contributed by atoms with Gasteiger partial charge in [0, 0.05) is 9.82 Å². The summed E-state index contributed by atoms with van der Waals surface area (Å²) in [7, 11) is 0. The van der Waals surface area contributed by atoms with E-state index in [9.17, 15) is 11.1 Å². The Bertz CT molecular complexity index is 2780. The minimum Gasteiger partial charge on any atom is -0.376 e. The van der Waals surface area contributed by atoms with Crippen molar-refractivity contribution in [3.8, 4) is 0 Å². The number of benzene rings is 7. The lowest BCUT2D eigenvalue weighted by Gasteiger charge is -2.46. The quantitative estimate of drug-likeness (QED) is 0.0232. The zero-order valence-corrected chi connectivity index (χ0v) is 42.3. The predicted octanol–water partition coefficient (Wildman–Crippen LogP) is 12.4. The third kappa shape index (κ3) is 17.4. The van der Waals surface area contributed by atoms with Gasteiger partial charge in [-0.1, -0.05) is 223 Å². The summed E-state index contributed by atoms with van der Waals surface area (Å²) >= 11 is 0. The Labute approximate surface area is 444 Å². The Balaban J connectivity index is 1.20. The maximum Gasteiger partial charge on any atom is 0.169 e. The maximum absolute atomic E-state index is 10.4. The lowest BCUT2D eigenvalue weighted by atomic mass is 9.96. The summed E-state index contributed by atoms with van der Waals surface area (Å²) in [6.07, 6.45) is -7.06. The summed E-state index contributed by atoms with van der Waals surface area (Å²) in [5, 5.41) is 8.74. The maximum atomic E-state index is 10.4. The van der Waals surface area contributed by atoms with Crippen molar-refractivity contribution in [2.24, 2.45) is 10.2 Å². The van der Waals surface area contributed by atoms with E-state index in [-0.39, 0.29) is 66.1 Å². The van der Waals surface area contributed by atoms with Gasteiger partial charge in [-0.2, -0.15) is 0 Å². The molecule has 1 fully saturated rings. The Morgan fingerprint density at radius 2 is 0.803 bits per heavy atom. The largest absolute Gasteiger partial charge is 0.376 e. The molecule has 7 aromatic carbocycles. The van der Waals surface area contributed by atoms with Gasteiger partial charge in [-0.15, -0.1) is 0 Å². The first-order chi connectivity index (χ1) is 37.6. The van der Waals surface area contributed by atoms with Crippen LogP contribution in [-0.2, 0) is 88.9 Å². The molecule has 0 amide bonds. The SMILES string of the molecule is [N-]=[N+]=N[C@H]1[C@@H](O[C@@H](COCc2ccccc2)[C@@H](OCc2ccccc2)[C@H](OCc2ccccc2)[C@@H](COCc2ccccc2)N=[N+]=[N-])O[C@H](COCc2ccccc2)[C@@H](OCc2ccccc2)[C@@H]1OCc1ccccc1. The highest BCUT2D eigenvalue weighted by Gasteiger charge is 2.50. The highest BCUT2D eigenvalue weighted by atomic mass is 16.7. The van der Waals surface area contributed by atoms with Crippen LogP contribution in [0.1, 0.15) is 38.9 Å². The third-order valence-electron chi connectivity index (χ3n) is 12.7. The number of nitrogens with zero attached hydrogens (tertiary/aromatic N) is 6. The van der Waals surface area contributed by atoms with Crippen LogP contribution in [0.2, 0.25) is 0 Å². The van der Waals surface area contributed by atoms with E-state index in [1.165, 1.54) is 0 Å². The van der Waals surface area contributed by atoms with Crippen molar-refractivity contribution in [1.82, 2.24) is 0 Å². The molecule has 15 nitrogen and oxygen atoms in total. The van der Waals surface area contributed by atoms with E-state index >= 15 is 0 Å². The molecule has 0 aliphatic carbocycles. The molecule has 9 atom stereocenters. The van der Waals surface area contributed by atoms with E-state index in [1.807, 2.05) is 212 Å². The van der Waals surface area contributed by atoms with Gasteiger partial charge in [0.2, 0.25) is 0 Å². The summed E-state index contributed by atoms with van der Waals surface area (Å²) in [6, 6.07) is 66.2. The predicted molar refractivity (Wildman–Crippen MR) is 288 cm³/mol. The number of hydrogen-bond acceptors (Lipinski definition) is 11. The zero-order chi connectivity index (χ0) is 52.2. The molecular weight excluding hydrogens is 961 g/mol. The average Bonchev–Trinajstić information content (AvgIpc) is 3.48. The van der Waals surface area contributed by atoms with Crippen LogP contribution < -0.4 is 0 Å². The molecule has 8 rings (SSSR count). The summed E-state index contributed by atoms with van der Waals surface area (Å²) in [6.45, 7) is 1.21. The van der Waals surface area contributed by atoms with E-state index in [1.54, 1.807) is 0 Å². The van der Waals surface area contributed by atoms with Crippen LogP contribution in [0.15, 0.2) is 223 Å². The minimum absolute atomic E-state index is 0.0425. The summed E-state index contributed by atoms with van der Waals surface area (Å²) in [4.78, 5) is 6.70. The van der Waals surface area contributed by atoms with Crippen LogP contribution in [0.25, 0.3) is 20.9 Å². The van der Waals surface area contributed by atoms with E-state index in [2.05, 4.69) is 20.1 Å². The molecule has 1 aliphatic rings. The van der Waals surface area contributed by atoms with Gasteiger partial charge >= 0.3 is 0 Å². The lowest BCUT2D eigenvalue weighted by Crippen LogP contribution is -2.62. The van der Waals surface area contributed by atoms with Crippen LogP contribution in [0.3, 0.4) is 0 Å². The van der Waals surface area contributed by atoms with Gasteiger partial charge in [-0.25, -0.2) is 0 Å². The molecule has 0 spiro atoms. The Kier molecular flexibility index (Phi) is 22.4. The second-order valence-electron chi connectivity index (χ2n) is 18.2. The molecule has 1 aliphatic heterocycles. The fourth-order valence-corrected chi connectivity index (χ4v) is 8.87. The molecule has 0 N–H and O–H groups in total. The molecule has 0 bridgehead atoms. The van der Waals surface area contributed by atoms with Crippen LogP contribution in [0.5, 0.6) is 0 Å². The second-order valence-corrected chi connectivity index (χ2v) is 18.2. The van der Waals surface area contributed by atoms with E-state index < -0.39 is 55.0 Å². The van der Waals surface area contributed by atoms with Crippen molar-refractivity contribution in [3.63, 3.8) is 0 Å². The molecule has 76 heavy (non-hydrogen) atoms. The van der Waals surface area contributed by atoms with Crippen LogP contribution in [-0.4, -0.2) is 74.8 Å². The zero-order valence-electron chi connectivity index (χ0n) is 42.3. The molecular formula is C61H64N6O9. The molecule has 15 heteroatoms. The Hall–Kier alpha value is -7.20. The number of azide groups is 2. The summed E-state index contributed by atoms with van der Waals surface area (Å²) in [5.74, 6) is 0. The van der Waals surface area contributed by atoms with Crippen molar-refractivity contribution in [3.05, 3.63) is 272 Å². The Morgan fingerprint density at radius 3 is 1.24 bits per heavy atom. The lowest BCUT2D eigenvalue weighted by molar-refractivity contribution is -0.311. The average molecular weight is 1030 g/mol. The van der Waals surface area contributed by atoms with E-state index in [0.717, 1.165) is 38.9 Å². The molecule has 0 unspecified atom stereocenters. The van der Waals surface area contributed by atoms with Gasteiger partial charge in [0.25, 0.3) is 0 Å². The summed E-state index contributed by atoms with van der Waals surface area (Å²) < 4.78 is 61.3. The van der Waals surface area contributed by atoms with Crippen LogP contribution in [0.4, 0.5) is 0 Å².